The molecule has 0 saturated carbocycles. The molecule has 0 aliphatic heterocycles. The number of aliphatic imine (C=N–C) groups is 1. The lowest BCUT2D eigenvalue weighted by Crippen LogP contribution is -2.31. The van der Waals surface area contributed by atoms with Gasteiger partial charge >= 0.3 is 0 Å². The molecule has 3 aromatic rings. The Balaban J connectivity index is 1.87. The molecule has 2 aromatic carbocycles. The highest BCUT2D eigenvalue weighted by molar-refractivity contribution is 6.06. The van der Waals surface area contributed by atoms with E-state index in [0.29, 0.717) is 18.3 Å². The van der Waals surface area contributed by atoms with E-state index in [1.165, 1.54) is 16.5 Å². The van der Waals surface area contributed by atoms with Crippen molar-refractivity contribution in [3.8, 4) is 5.88 Å². The zero-order valence-electron chi connectivity index (χ0n) is 17.2. The van der Waals surface area contributed by atoms with Gasteiger partial charge in [0.05, 0.1) is 25.1 Å². The van der Waals surface area contributed by atoms with Crippen LogP contribution in [0.15, 0.2) is 59.6 Å². The van der Waals surface area contributed by atoms with E-state index in [1.807, 2.05) is 12.1 Å². The zero-order chi connectivity index (χ0) is 19.7. The first-order valence-corrected chi connectivity index (χ1v) is 10.0. The quantitative estimate of drug-likeness (QED) is 0.579. The first-order valence-electron chi connectivity index (χ1n) is 10.0. The summed E-state index contributed by atoms with van der Waals surface area (Å²) in [7, 11) is 1.70. The molecule has 1 heterocycles. The van der Waals surface area contributed by atoms with Gasteiger partial charge in [-0.3, -0.25) is 4.99 Å². The molecule has 1 aliphatic rings. The van der Waals surface area contributed by atoms with Crippen molar-refractivity contribution in [2.24, 2.45) is 16.3 Å². The van der Waals surface area contributed by atoms with E-state index >= 15 is 0 Å². The molecule has 144 valence electrons. The predicted molar refractivity (Wildman–Crippen MR) is 116 cm³/mol. The Bertz CT molecular complexity index is 1020. The third kappa shape index (κ3) is 3.54. The van der Waals surface area contributed by atoms with Crippen LogP contribution in [0.2, 0.25) is 0 Å². The van der Waals surface area contributed by atoms with Gasteiger partial charge in [-0.05, 0) is 46.8 Å². The standard InChI is InChI=1S/C25H28N2O/c1-25(2,3)18-14-21-19-12-8-9-13-20(19)24(28-4)27-23(21)22(15-18)26-16-17-10-6-5-7-11-17/h5-13,18H,14-16H2,1-4H3/b26-22-. The lowest BCUT2D eigenvalue weighted by atomic mass is 9.70. The molecule has 3 heteroatoms. The lowest BCUT2D eigenvalue weighted by molar-refractivity contribution is 0.242. The molecule has 4 rings (SSSR count). The Morgan fingerprint density at radius 2 is 1.64 bits per heavy atom. The number of hydrogen-bond donors (Lipinski definition) is 0. The molecule has 1 atom stereocenters. The molecule has 3 nitrogen and oxygen atoms in total. The van der Waals surface area contributed by atoms with Gasteiger partial charge in [0.15, 0.2) is 0 Å². The number of hydrogen-bond acceptors (Lipinski definition) is 3. The fourth-order valence-corrected chi connectivity index (χ4v) is 4.06. The maximum Gasteiger partial charge on any atom is 0.221 e. The molecular weight excluding hydrogens is 344 g/mol. The molecule has 0 fully saturated rings. The Hall–Kier alpha value is -2.68. The second kappa shape index (κ2) is 7.38. The van der Waals surface area contributed by atoms with Crippen LogP contribution in [-0.2, 0) is 13.0 Å². The van der Waals surface area contributed by atoms with E-state index in [9.17, 15) is 0 Å². The third-order valence-electron chi connectivity index (χ3n) is 5.86. The Kier molecular flexibility index (Phi) is 4.92. The summed E-state index contributed by atoms with van der Waals surface area (Å²) in [5, 5.41) is 2.33. The number of pyridine rings is 1. The number of benzene rings is 2. The summed E-state index contributed by atoms with van der Waals surface area (Å²) in [4.78, 5) is 9.96. The van der Waals surface area contributed by atoms with Crippen LogP contribution in [0.5, 0.6) is 5.88 Å². The molecule has 1 aliphatic carbocycles. The average Bonchev–Trinajstić information content (AvgIpc) is 2.71. The van der Waals surface area contributed by atoms with Gasteiger partial charge in [-0.1, -0.05) is 69.3 Å². The largest absolute Gasteiger partial charge is 0.481 e. The number of ether oxygens (including phenoxy) is 1. The van der Waals surface area contributed by atoms with Gasteiger partial charge in [0.1, 0.15) is 0 Å². The molecule has 0 saturated heterocycles. The van der Waals surface area contributed by atoms with Gasteiger partial charge < -0.3 is 4.74 Å². The van der Waals surface area contributed by atoms with Crippen molar-refractivity contribution in [3.05, 3.63) is 71.4 Å². The van der Waals surface area contributed by atoms with Crippen LogP contribution in [-0.4, -0.2) is 17.8 Å². The molecule has 28 heavy (non-hydrogen) atoms. The molecule has 0 spiro atoms. The van der Waals surface area contributed by atoms with Gasteiger partial charge in [0.25, 0.3) is 0 Å². The lowest BCUT2D eigenvalue weighted by Gasteiger charge is -2.36. The monoisotopic (exact) mass is 372 g/mol. The highest BCUT2D eigenvalue weighted by atomic mass is 16.5. The fraction of sp³-hybridized carbons (Fsp3) is 0.360. The van der Waals surface area contributed by atoms with Crippen LogP contribution < -0.4 is 4.74 Å². The summed E-state index contributed by atoms with van der Waals surface area (Å²) in [5.74, 6) is 1.23. The Labute approximate surface area is 167 Å². The van der Waals surface area contributed by atoms with E-state index in [2.05, 4.69) is 63.2 Å². The first-order chi connectivity index (χ1) is 13.5. The van der Waals surface area contributed by atoms with E-state index in [4.69, 9.17) is 14.7 Å². The Morgan fingerprint density at radius 3 is 2.32 bits per heavy atom. The maximum absolute atomic E-state index is 5.63. The zero-order valence-corrected chi connectivity index (χ0v) is 17.2. The smallest absolute Gasteiger partial charge is 0.221 e. The summed E-state index contributed by atoms with van der Waals surface area (Å²) in [6.45, 7) is 7.67. The number of rotatable bonds is 3. The van der Waals surface area contributed by atoms with E-state index in [1.54, 1.807) is 7.11 Å². The number of aromatic nitrogens is 1. The molecule has 0 bridgehead atoms. The summed E-state index contributed by atoms with van der Waals surface area (Å²) in [6, 6.07) is 18.9. The van der Waals surface area contributed by atoms with Crippen LogP contribution >= 0.6 is 0 Å². The second-order valence-electron chi connectivity index (χ2n) is 8.71. The van der Waals surface area contributed by atoms with E-state index in [0.717, 1.165) is 29.6 Å². The van der Waals surface area contributed by atoms with Crippen LogP contribution in [0.4, 0.5) is 0 Å². The number of nitrogens with zero attached hydrogens (tertiary/aromatic N) is 2. The van der Waals surface area contributed by atoms with E-state index in [-0.39, 0.29) is 5.41 Å². The van der Waals surface area contributed by atoms with Gasteiger partial charge in [-0.25, -0.2) is 4.98 Å². The van der Waals surface area contributed by atoms with E-state index < -0.39 is 0 Å². The highest BCUT2D eigenvalue weighted by Gasteiger charge is 2.34. The van der Waals surface area contributed by atoms with Crippen molar-refractivity contribution >= 4 is 16.5 Å². The Morgan fingerprint density at radius 1 is 0.964 bits per heavy atom. The van der Waals surface area contributed by atoms with Gasteiger partial charge in [-0.15, -0.1) is 0 Å². The topological polar surface area (TPSA) is 34.5 Å². The van der Waals surface area contributed by atoms with Crippen LogP contribution in [0.25, 0.3) is 10.8 Å². The van der Waals surface area contributed by atoms with Gasteiger partial charge in [0.2, 0.25) is 5.88 Å². The predicted octanol–water partition coefficient (Wildman–Crippen LogP) is 5.84. The minimum Gasteiger partial charge on any atom is -0.481 e. The van der Waals surface area contributed by atoms with Crippen LogP contribution in [0.3, 0.4) is 0 Å². The summed E-state index contributed by atoms with van der Waals surface area (Å²) >= 11 is 0. The summed E-state index contributed by atoms with van der Waals surface area (Å²) < 4.78 is 5.63. The molecule has 1 aromatic heterocycles. The molecular formula is C25H28N2O. The fourth-order valence-electron chi connectivity index (χ4n) is 4.06. The minimum atomic E-state index is 0.215. The molecule has 0 N–H and O–H groups in total. The van der Waals surface area contributed by atoms with Crippen molar-refractivity contribution in [2.75, 3.05) is 7.11 Å². The first kappa shape index (κ1) is 18.7. The number of fused-ring (bicyclic) bond motifs is 3. The normalized spacial score (nSPS) is 18.3. The van der Waals surface area contributed by atoms with Crippen LogP contribution in [0, 0.1) is 11.3 Å². The molecule has 0 amide bonds. The second-order valence-corrected chi connectivity index (χ2v) is 8.71. The maximum atomic E-state index is 5.63. The molecule has 1 unspecified atom stereocenters. The van der Waals surface area contributed by atoms with Gasteiger partial charge in [0, 0.05) is 5.39 Å². The van der Waals surface area contributed by atoms with Crippen LogP contribution in [0.1, 0.15) is 44.0 Å². The summed E-state index contributed by atoms with van der Waals surface area (Å²) in [5.41, 5.74) is 4.88. The van der Waals surface area contributed by atoms with Crippen molar-refractivity contribution in [1.29, 1.82) is 0 Å². The molecule has 0 radical (unpaired) electrons. The van der Waals surface area contributed by atoms with Crippen molar-refractivity contribution in [3.63, 3.8) is 0 Å². The summed E-state index contributed by atoms with van der Waals surface area (Å²) in [6.07, 6.45) is 1.98. The SMILES string of the molecule is COc1nc2c(c3ccccc13)CC(C(C)(C)C)C/C2=N/Cc1ccccc1. The van der Waals surface area contributed by atoms with Crippen molar-refractivity contribution < 1.29 is 4.74 Å². The van der Waals surface area contributed by atoms with Crippen molar-refractivity contribution in [1.82, 2.24) is 4.98 Å². The van der Waals surface area contributed by atoms with Crippen molar-refractivity contribution in [2.45, 2.75) is 40.2 Å². The average molecular weight is 373 g/mol. The number of methoxy groups -OCH3 is 1. The van der Waals surface area contributed by atoms with Gasteiger partial charge in [-0.2, -0.15) is 0 Å². The highest BCUT2D eigenvalue weighted by Crippen LogP contribution is 2.41. The minimum absolute atomic E-state index is 0.215. The third-order valence-corrected chi connectivity index (χ3v) is 5.86.